The van der Waals surface area contributed by atoms with Gasteiger partial charge in [0.25, 0.3) is 0 Å². The molecule has 0 atom stereocenters. The summed E-state index contributed by atoms with van der Waals surface area (Å²) in [5.41, 5.74) is 0. The fraction of sp³-hybridized carbons (Fsp3) is 1.00. The van der Waals surface area contributed by atoms with Crippen molar-refractivity contribution < 1.29 is 9.67 Å². The van der Waals surface area contributed by atoms with E-state index >= 15 is 0 Å². The Morgan fingerprint density at radius 3 is 2.25 bits per heavy atom. The number of nitrogens with one attached hydrogen (secondary N) is 1. The Bertz CT molecular complexity index is 98.2. The maximum Gasteiger partial charge on any atom is 0.142 e. The normalized spacial score (nSPS) is 11.9. The van der Waals surface area contributed by atoms with Gasteiger partial charge in [-0.25, -0.2) is 0 Å². The fourth-order valence-corrected chi connectivity index (χ4v) is 0.958. The van der Waals surface area contributed by atoms with E-state index in [9.17, 15) is 4.57 Å². The van der Waals surface area contributed by atoms with E-state index in [1.807, 2.05) is 0 Å². The number of hydrogen-bond acceptors (Lipinski definition) is 2. The highest BCUT2D eigenvalue weighted by Gasteiger charge is 2.01. The zero-order valence-corrected chi connectivity index (χ0v) is 6.11. The third-order valence-corrected chi connectivity index (χ3v) is 1.59. The van der Waals surface area contributed by atoms with Crippen LogP contribution in [0.15, 0.2) is 0 Å². The summed E-state index contributed by atoms with van der Waals surface area (Å²) in [6.07, 6.45) is 0. The molecule has 0 aromatic rings. The van der Waals surface area contributed by atoms with Gasteiger partial charge in [-0.05, 0) is 0 Å². The standard InChI is InChI=1S/C4H12NO2P/c1-8(2,7)5-3-4-6/h6H,3-4H2,1-2H3,(H,5,7). The maximum absolute atomic E-state index is 10.8. The van der Waals surface area contributed by atoms with Gasteiger partial charge < -0.3 is 9.67 Å². The molecule has 0 saturated heterocycles. The molecule has 50 valence electrons. The average Bonchev–Trinajstić information content (AvgIpc) is 1.59. The van der Waals surface area contributed by atoms with Gasteiger partial charge in [-0.2, -0.15) is 0 Å². The van der Waals surface area contributed by atoms with Gasteiger partial charge in [0.2, 0.25) is 0 Å². The first-order valence-electron chi connectivity index (χ1n) is 2.47. The summed E-state index contributed by atoms with van der Waals surface area (Å²) in [6.45, 7) is 3.72. The van der Waals surface area contributed by atoms with E-state index in [1.165, 1.54) is 0 Å². The summed E-state index contributed by atoms with van der Waals surface area (Å²) in [5, 5.41) is 10.9. The SMILES string of the molecule is CP(C)(=O)NCCO. The zero-order chi connectivity index (χ0) is 6.62. The summed E-state index contributed by atoms with van der Waals surface area (Å²) >= 11 is 0. The van der Waals surface area contributed by atoms with E-state index < -0.39 is 7.29 Å². The Labute approximate surface area is 49.5 Å². The van der Waals surface area contributed by atoms with Crippen molar-refractivity contribution in [2.45, 2.75) is 0 Å². The molecule has 0 heterocycles. The van der Waals surface area contributed by atoms with Crippen LogP contribution in [0.5, 0.6) is 0 Å². The lowest BCUT2D eigenvalue weighted by Crippen LogP contribution is -2.13. The maximum atomic E-state index is 10.8. The van der Waals surface area contributed by atoms with E-state index in [4.69, 9.17) is 5.11 Å². The van der Waals surface area contributed by atoms with Gasteiger partial charge in [0.1, 0.15) is 7.29 Å². The first-order chi connectivity index (χ1) is 3.56. The summed E-state index contributed by atoms with van der Waals surface area (Å²) in [7, 11) is -2.09. The van der Waals surface area contributed by atoms with Crippen molar-refractivity contribution in [2.75, 3.05) is 26.5 Å². The third kappa shape index (κ3) is 6.15. The van der Waals surface area contributed by atoms with Crippen LogP contribution in [0.1, 0.15) is 0 Å². The van der Waals surface area contributed by atoms with Crippen LogP contribution < -0.4 is 5.09 Å². The Kier molecular flexibility index (Phi) is 3.29. The zero-order valence-electron chi connectivity index (χ0n) is 5.22. The number of aliphatic hydroxyl groups is 1. The highest BCUT2D eigenvalue weighted by molar-refractivity contribution is 7.60. The van der Waals surface area contributed by atoms with Crippen molar-refractivity contribution in [3.05, 3.63) is 0 Å². The Balaban J connectivity index is 3.26. The van der Waals surface area contributed by atoms with Crippen LogP contribution in [0.4, 0.5) is 0 Å². The Morgan fingerprint density at radius 1 is 1.62 bits per heavy atom. The molecule has 3 nitrogen and oxygen atoms in total. The fourth-order valence-electron chi connectivity index (χ4n) is 0.319. The topological polar surface area (TPSA) is 49.3 Å². The minimum absolute atomic E-state index is 0.0473. The second kappa shape index (κ2) is 3.23. The lowest BCUT2D eigenvalue weighted by molar-refractivity contribution is 0.301. The van der Waals surface area contributed by atoms with Crippen LogP contribution in [-0.2, 0) is 4.57 Å². The molecule has 0 aromatic carbocycles. The van der Waals surface area contributed by atoms with Gasteiger partial charge in [-0.3, -0.25) is 5.09 Å². The Hall–Kier alpha value is 0.150. The van der Waals surface area contributed by atoms with E-state index in [0.717, 1.165) is 0 Å². The van der Waals surface area contributed by atoms with Crippen molar-refractivity contribution in [3.8, 4) is 0 Å². The predicted octanol–water partition coefficient (Wildman–Crippen LogP) is 0.106. The molecule has 0 radical (unpaired) electrons. The molecule has 0 spiro atoms. The van der Waals surface area contributed by atoms with Gasteiger partial charge in [0.15, 0.2) is 0 Å². The monoisotopic (exact) mass is 137 g/mol. The van der Waals surface area contributed by atoms with Gasteiger partial charge in [-0.1, -0.05) is 0 Å². The van der Waals surface area contributed by atoms with E-state index in [2.05, 4.69) is 5.09 Å². The second-order valence-electron chi connectivity index (χ2n) is 1.98. The first kappa shape index (κ1) is 8.15. The highest BCUT2D eigenvalue weighted by atomic mass is 31.2. The van der Waals surface area contributed by atoms with Gasteiger partial charge in [0, 0.05) is 19.9 Å². The lowest BCUT2D eigenvalue weighted by Gasteiger charge is -2.05. The molecule has 0 fully saturated rings. The molecule has 2 N–H and O–H groups in total. The van der Waals surface area contributed by atoms with Crippen LogP contribution in [0.3, 0.4) is 0 Å². The number of rotatable bonds is 3. The lowest BCUT2D eigenvalue weighted by atomic mass is 10.8. The highest BCUT2D eigenvalue weighted by Crippen LogP contribution is 2.28. The minimum atomic E-state index is -2.09. The molecule has 0 saturated carbocycles. The van der Waals surface area contributed by atoms with Crippen molar-refractivity contribution in [1.82, 2.24) is 5.09 Å². The molecular formula is C4H12NO2P. The molecule has 0 unspecified atom stereocenters. The molecule has 0 aliphatic carbocycles. The van der Waals surface area contributed by atoms with Crippen molar-refractivity contribution in [1.29, 1.82) is 0 Å². The quantitative estimate of drug-likeness (QED) is 0.542. The van der Waals surface area contributed by atoms with Crippen molar-refractivity contribution >= 4 is 7.29 Å². The minimum Gasteiger partial charge on any atom is -0.395 e. The van der Waals surface area contributed by atoms with Crippen molar-refractivity contribution in [3.63, 3.8) is 0 Å². The second-order valence-corrected chi connectivity index (χ2v) is 5.00. The molecule has 0 aliphatic heterocycles. The molecule has 0 aliphatic rings. The molecule has 8 heavy (non-hydrogen) atoms. The van der Waals surface area contributed by atoms with Crippen LogP contribution in [0.25, 0.3) is 0 Å². The van der Waals surface area contributed by atoms with Crippen molar-refractivity contribution in [2.24, 2.45) is 0 Å². The smallest absolute Gasteiger partial charge is 0.142 e. The third-order valence-electron chi connectivity index (χ3n) is 0.604. The molecule has 0 bridgehead atoms. The molecule has 0 aromatic heterocycles. The van der Waals surface area contributed by atoms with E-state index in [-0.39, 0.29) is 6.61 Å². The van der Waals surface area contributed by atoms with E-state index in [1.54, 1.807) is 13.3 Å². The van der Waals surface area contributed by atoms with Crippen LogP contribution >= 0.6 is 7.29 Å². The van der Waals surface area contributed by atoms with Gasteiger partial charge >= 0.3 is 0 Å². The van der Waals surface area contributed by atoms with Gasteiger partial charge in [-0.15, -0.1) is 0 Å². The average molecular weight is 137 g/mol. The first-order valence-corrected chi connectivity index (χ1v) is 5.07. The van der Waals surface area contributed by atoms with Crippen LogP contribution in [-0.4, -0.2) is 31.6 Å². The largest absolute Gasteiger partial charge is 0.395 e. The summed E-state index contributed by atoms with van der Waals surface area (Å²) in [5.74, 6) is 0. The van der Waals surface area contributed by atoms with E-state index in [0.29, 0.717) is 6.54 Å². The molecule has 0 rings (SSSR count). The van der Waals surface area contributed by atoms with Crippen LogP contribution in [0.2, 0.25) is 0 Å². The predicted molar refractivity (Wildman–Crippen MR) is 34.5 cm³/mol. The molecular weight excluding hydrogens is 125 g/mol. The van der Waals surface area contributed by atoms with Gasteiger partial charge in [0.05, 0.1) is 6.61 Å². The summed E-state index contributed by atoms with van der Waals surface area (Å²) in [6, 6.07) is 0. The molecule has 0 amide bonds. The summed E-state index contributed by atoms with van der Waals surface area (Å²) in [4.78, 5) is 0. The summed E-state index contributed by atoms with van der Waals surface area (Å²) < 4.78 is 10.8. The number of aliphatic hydroxyl groups excluding tert-OH is 1. The number of hydrogen-bond donors (Lipinski definition) is 2. The Morgan fingerprint density at radius 2 is 2.12 bits per heavy atom. The molecule has 4 heteroatoms. The van der Waals surface area contributed by atoms with Crippen LogP contribution in [0, 0.1) is 0 Å².